The van der Waals surface area contributed by atoms with Crippen molar-refractivity contribution in [3.63, 3.8) is 0 Å². The number of ether oxygens (including phenoxy) is 1. The first-order valence-corrected chi connectivity index (χ1v) is 9.72. The molecule has 3 atom stereocenters. The van der Waals surface area contributed by atoms with Gasteiger partial charge in [-0.3, -0.25) is 4.68 Å². The quantitative estimate of drug-likeness (QED) is 0.915. The molecule has 2 heterocycles. The van der Waals surface area contributed by atoms with Gasteiger partial charge in [-0.15, -0.1) is 0 Å². The molecule has 3 fully saturated rings. The Hall–Kier alpha value is -1.56. The second-order valence-electron chi connectivity index (χ2n) is 8.31. The van der Waals surface area contributed by atoms with Gasteiger partial charge in [0.1, 0.15) is 5.60 Å². The van der Waals surface area contributed by atoms with Gasteiger partial charge in [-0.25, -0.2) is 4.79 Å². The maximum absolute atomic E-state index is 12.8. The molecule has 1 aromatic heterocycles. The Morgan fingerprint density at radius 2 is 2.16 bits per heavy atom. The van der Waals surface area contributed by atoms with Crippen molar-refractivity contribution >= 4 is 6.03 Å². The van der Waals surface area contributed by atoms with Gasteiger partial charge < -0.3 is 15.0 Å². The second-order valence-corrected chi connectivity index (χ2v) is 8.31. The Morgan fingerprint density at radius 3 is 2.88 bits per heavy atom. The first-order valence-electron chi connectivity index (χ1n) is 9.72. The third-order valence-electron chi connectivity index (χ3n) is 6.21. The lowest BCUT2D eigenvalue weighted by Crippen LogP contribution is -2.55. The molecular weight excluding hydrogens is 316 g/mol. The minimum absolute atomic E-state index is 0.0693. The standard InChI is InChI=1S/C19H30N4O2/c1-19(16-11-20-22(2)12-16)13-23(8-9-25-19)18(24)21-17-5-3-4-15(10-17)14-6-7-14/h11-12,14-15,17H,3-10,13H2,1-2H3,(H,21,24)/t15-,17-,19-/m0/s1. The molecule has 3 aliphatic rings. The van der Waals surface area contributed by atoms with E-state index in [0.29, 0.717) is 25.7 Å². The van der Waals surface area contributed by atoms with Gasteiger partial charge in [-0.2, -0.15) is 5.10 Å². The monoisotopic (exact) mass is 346 g/mol. The molecular formula is C19H30N4O2. The van der Waals surface area contributed by atoms with E-state index >= 15 is 0 Å². The minimum atomic E-state index is -0.479. The van der Waals surface area contributed by atoms with Gasteiger partial charge in [0, 0.05) is 31.4 Å². The summed E-state index contributed by atoms with van der Waals surface area (Å²) >= 11 is 0. The molecule has 2 aliphatic carbocycles. The zero-order valence-electron chi connectivity index (χ0n) is 15.4. The van der Waals surface area contributed by atoms with Crippen LogP contribution in [0.15, 0.2) is 12.4 Å². The highest BCUT2D eigenvalue weighted by atomic mass is 16.5. The largest absolute Gasteiger partial charge is 0.367 e. The smallest absolute Gasteiger partial charge is 0.317 e. The molecule has 0 bridgehead atoms. The topological polar surface area (TPSA) is 59.4 Å². The van der Waals surface area contributed by atoms with Crippen molar-refractivity contribution < 1.29 is 9.53 Å². The minimum Gasteiger partial charge on any atom is -0.367 e. The molecule has 25 heavy (non-hydrogen) atoms. The van der Waals surface area contributed by atoms with Gasteiger partial charge in [-0.1, -0.05) is 12.8 Å². The number of amides is 2. The number of aromatic nitrogens is 2. The number of aryl methyl sites for hydroxylation is 1. The van der Waals surface area contributed by atoms with Crippen LogP contribution in [-0.4, -0.2) is 46.4 Å². The van der Waals surface area contributed by atoms with Crippen LogP contribution in [0.3, 0.4) is 0 Å². The first kappa shape index (κ1) is 16.9. The third kappa shape index (κ3) is 3.68. The van der Waals surface area contributed by atoms with Gasteiger partial charge in [-0.05, 0) is 44.4 Å². The van der Waals surface area contributed by atoms with Crippen LogP contribution in [0.5, 0.6) is 0 Å². The molecule has 1 N–H and O–H groups in total. The number of hydrogen-bond acceptors (Lipinski definition) is 3. The van der Waals surface area contributed by atoms with E-state index in [-0.39, 0.29) is 6.03 Å². The van der Waals surface area contributed by atoms with Crippen molar-refractivity contribution in [3.8, 4) is 0 Å². The number of urea groups is 1. The highest BCUT2D eigenvalue weighted by Crippen LogP contribution is 2.43. The van der Waals surface area contributed by atoms with E-state index in [9.17, 15) is 4.79 Å². The number of carbonyl (C=O) groups excluding carboxylic acids is 1. The number of nitrogens with one attached hydrogen (secondary N) is 1. The van der Waals surface area contributed by atoms with E-state index in [1.165, 1.54) is 32.1 Å². The Kier molecular flexibility index (Phi) is 4.48. The summed E-state index contributed by atoms with van der Waals surface area (Å²) in [5, 5.41) is 7.56. The summed E-state index contributed by atoms with van der Waals surface area (Å²) in [5.74, 6) is 1.78. The first-order chi connectivity index (χ1) is 12.0. The van der Waals surface area contributed by atoms with E-state index in [0.717, 1.165) is 23.8 Å². The molecule has 4 rings (SSSR count). The van der Waals surface area contributed by atoms with E-state index in [1.54, 1.807) is 4.68 Å². The lowest BCUT2D eigenvalue weighted by molar-refractivity contribution is -0.0909. The van der Waals surface area contributed by atoms with Crippen molar-refractivity contribution in [1.82, 2.24) is 20.0 Å². The number of nitrogens with zero attached hydrogens (tertiary/aromatic N) is 3. The summed E-state index contributed by atoms with van der Waals surface area (Å²) < 4.78 is 7.80. The normalized spacial score (nSPS) is 33.3. The number of morpholine rings is 1. The molecule has 1 aliphatic heterocycles. The molecule has 0 aromatic carbocycles. The lowest BCUT2D eigenvalue weighted by Gasteiger charge is -2.41. The summed E-state index contributed by atoms with van der Waals surface area (Å²) in [4.78, 5) is 14.7. The molecule has 0 spiro atoms. The van der Waals surface area contributed by atoms with Crippen molar-refractivity contribution in [2.45, 2.75) is 57.1 Å². The molecule has 0 radical (unpaired) electrons. The van der Waals surface area contributed by atoms with Crippen LogP contribution in [0.25, 0.3) is 0 Å². The van der Waals surface area contributed by atoms with Crippen LogP contribution >= 0.6 is 0 Å². The van der Waals surface area contributed by atoms with Gasteiger partial charge in [0.25, 0.3) is 0 Å². The molecule has 138 valence electrons. The maximum atomic E-state index is 12.8. The predicted molar refractivity (Wildman–Crippen MR) is 95.1 cm³/mol. The van der Waals surface area contributed by atoms with Crippen LogP contribution in [0, 0.1) is 11.8 Å². The average molecular weight is 346 g/mol. The number of rotatable bonds is 3. The maximum Gasteiger partial charge on any atom is 0.317 e. The fourth-order valence-corrected chi connectivity index (χ4v) is 4.53. The molecule has 1 saturated heterocycles. The van der Waals surface area contributed by atoms with Crippen LogP contribution < -0.4 is 5.32 Å². The fourth-order valence-electron chi connectivity index (χ4n) is 4.53. The number of carbonyl (C=O) groups is 1. The van der Waals surface area contributed by atoms with Crippen molar-refractivity contribution in [3.05, 3.63) is 18.0 Å². The second kappa shape index (κ2) is 6.63. The fraction of sp³-hybridized carbons (Fsp3) is 0.789. The Labute approximate surface area is 149 Å². The lowest BCUT2D eigenvalue weighted by atomic mass is 9.83. The molecule has 1 aromatic rings. The van der Waals surface area contributed by atoms with Gasteiger partial charge in [0.15, 0.2) is 0 Å². The Balaban J connectivity index is 1.36. The third-order valence-corrected chi connectivity index (χ3v) is 6.21. The van der Waals surface area contributed by atoms with Crippen LogP contribution in [-0.2, 0) is 17.4 Å². The number of hydrogen-bond donors (Lipinski definition) is 1. The van der Waals surface area contributed by atoms with Gasteiger partial charge in [0.2, 0.25) is 0 Å². The summed E-state index contributed by atoms with van der Waals surface area (Å²) in [7, 11) is 1.90. The van der Waals surface area contributed by atoms with Crippen molar-refractivity contribution in [2.24, 2.45) is 18.9 Å². The van der Waals surface area contributed by atoms with Gasteiger partial charge >= 0.3 is 6.03 Å². The summed E-state index contributed by atoms with van der Waals surface area (Å²) in [5.41, 5.74) is 0.548. The highest BCUT2D eigenvalue weighted by Gasteiger charge is 2.38. The summed E-state index contributed by atoms with van der Waals surface area (Å²) in [6, 6.07) is 0.416. The average Bonchev–Trinajstić information content (AvgIpc) is 3.36. The van der Waals surface area contributed by atoms with E-state index in [4.69, 9.17) is 4.74 Å². The molecule has 2 saturated carbocycles. The molecule has 6 heteroatoms. The van der Waals surface area contributed by atoms with Crippen molar-refractivity contribution in [1.29, 1.82) is 0 Å². The SMILES string of the molecule is Cn1cc([C@]2(C)CN(C(=O)N[C@H]3CCC[C@H](C4CC4)C3)CCO2)cn1. The van der Waals surface area contributed by atoms with E-state index < -0.39 is 5.60 Å². The molecule has 6 nitrogen and oxygen atoms in total. The Morgan fingerprint density at radius 1 is 1.32 bits per heavy atom. The highest BCUT2D eigenvalue weighted by molar-refractivity contribution is 5.74. The van der Waals surface area contributed by atoms with Gasteiger partial charge in [0.05, 0.1) is 19.3 Å². The van der Waals surface area contributed by atoms with Crippen LogP contribution in [0.4, 0.5) is 4.79 Å². The van der Waals surface area contributed by atoms with E-state index in [2.05, 4.69) is 10.4 Å². The summed E-state index contributed by atoms with van der Waals surface area (Å²) in [6.45, 7) is 3.84. The predicted octanol–water partition coefficient (Wildman–Crippen LogP) is 2.65. The zero-order valence-corrected chi connectivity index (χ0v) is 15.4. The van der Waals surface area contributed by atoms with Crippen LogP contribution in [0.2, 0.25) is 0 Å². The molecule has 2 amide bonds. The van der Waals surface area contributed by atoms with E-state index in [1.807, 2.05) is 31.3 Å². The Bertz CT molecular complexity index is 627. The summed E-state index contributed by atoms with van der Waals surface area (Å²) in [6.07, 6.45) is 11.5. The van der Waals surface area contributed by atoms with Crippen molar-refractivity contribution in [2.75, 3.05) is 19.7 Å². The molecule has 0 unspecified atom stereocenters. The zero-order chi connectivity index (χ0) is 17.4. The van der Waals surface area contributed by atoms with Crippen LogP contribution in [0.1, 0.15) is 51.0 Å².